The van der Waals surface area contributed by atoms with Crippen molar-refractivity contribution in [2.24, 2.45) is 4.99 Å². The summed E-state index contributed by atoms with van der Waals surface area (Å²) in [7, 11) is 0.544. The van der Waals surface area contributed by atoms with Crippen LogP contribution in [0.25, 0.3) is 0 Å². The summed E-state index contributed by atoms with van der Waals surface area (Å²) in [5.74, 6) is 0.448. The zero-order valence-electron chi connectivity index (χ0n) is 18.7. The lowest BCUT2D eigenvalue weighted by Gasteiger charge is -2.34. The molecule has 0 saturated carbocycles. The van der Waals surface area contributed by atoms with Gasteiger partial charge >= 0.3 is 0 Å². The van der Waals surface area contributed by atoms with Gasteiger partial charge in [0.1, 0.15) is 5.75 Å². The monoisotopic (exact) mass is 417 g/mol. The molecule has 30 heavy (non-hydrogen) atoms. The molecule has 0 spiro atoms. The predicted molar refractivity (Wildman–Crippen MR) is 133 cm³/mol. The number of hydrogen-bond acceptors (Lipinski definition) is 2. The summed E-state index contributed by atoms with van der Waals surface area (Å²) in [5.41, 5.74) is 6.58. The molecule has 3 aromatic rings. The third-order valence-electron chi connectivity index (χ3n) is 5.86. The third-order valence-corrected chi connectivity index (χ3v) is 8.04. The number of aryl methyl sites for hydroxylation is 3. The molecule has 1 unspecified atom stereocenters. The minimum absolute atomic E-state index is 0.0918. The Morgan fingerprint density at radius 1 is 0.900 bits per heavy atom. The zero-order chi connectivity index (χ0) is 21.7. The molecule has 0 aliphatic heterocycles. The maximum absolute atomic E-state index is 10.9. The Bertz CT molecular complexity index is 1040. The quantitative estimate of drug-likeness (QED) is 0.323. The van der Waals surface area contributed by atoms with Crippen LogP contribution in [-0.2, 0) is 5.16 Å². The van der Waals surface area contributed by atoms with E-state index in [1.54, 1.807) is 0 Å². The van der Waals surface area contributed by atoms with Crippen molar-refractivity contribution >= 4 is 25.8 Å². The topological polar surface area (TPSA) is 32.6 Å². The molecule has 0 amide bonds. The lowest BCUT2D eigenvalue weighted by Crippen LogP contribution is -2.23. The first-order valence-corrected chi connectivity index (χ1v) is 11.7. The highest BCUT2D eigenvalue weighted by Gasteiger charge is 2.33. The number of aromatic hydroxyl groups is 1. The molecule has 0 radical (unpaired) electrons. The van der Waals surface area contributed by atoms with E-state index in [0.717, 1.165) is 35.2 Å². The van der Waals surface area contributed by atoms with Crippen molar-refractivity contribution in [3.05, 3.63) is 88.5 Å². The van der Waals surface area contributed by atoms with Crippen LogP contribution in [0.2, 0.25) is 0 Å². The molecule has 2 nitrogen and oxygen atoms in total. The van der Waals surface area contributed by atoms with Gasteiger partial charge < -0.3 is 5.11 Å². The Morgan fingerprint density at radius 3 is 2.27 bits per heavy atom. The van der Waals surface area contributed by atoms with E-state index in [1.807, 2.05) is 43.5 Å². The van der Waals surface area contributed by atoms with E-state index in [4.69, 9.17) is 4.99 Å². The second-order valence-corrected chi connectivity index (χ2v) is 9.82. The lowest BCUT2D eigenvalue weighted by atomic mass is 9.89. The van der Waals surface area contributed by atoms with E-state index in [2.05, 4.69) is 58.0 Å². The average molecular weight is 418 g/mol. The molecule has 0 heterocycles. The number of phenols is 1. The van der Waals surface area contributed by atoms with Crippen LogP contribution in [0.5, 0.6) is 5.75 Å². The van der Waals surface area contributed by atoms with Crippen LogP contribution in [-0.4, -0.2) is 11.3 Å². The van der Waals surface area contributed by atoms with Crippen LogP contribution >= 0.6 is 8.58 Å². The smallest absolute Gasteiger partial charge is 0.122 e. The molecule has 0 aliphatic rings. The van der Waals surface area contributed by atoms with Gasteiger partial charge in [0.05, 0.1) is 5.69 Å². The molecule has 3 heteroatoms. The first-order chi connectivity index (χ1) is 14.4. The summed E-state index contributed by atoms with van der Waals surface area (Å²) >= 11 is 0. The summed E-state index contributed by atoms with van der Waals surface area (Å²) < 4.78 is 0. The van der Waals surface area contributed by atoms with Gasteiger partial charge in [-0.1, -0.05) is 76.0 Å². The van der Waals surface area contributed by atoms with E-state index >= 15 is 0 Å². The van der Waals surface area contributed by atoms with Gasteiger partial charge in [-0.15, -0.1) is 0 Å². The van der Waals surface area contributed by atoms with Crippen LogP contribution in [0.4, 0.5) is 5.69 Å². The zero-order valence-corrected chi connectivity index (χ0v) is 19.7. The molecule has 0 aromatic heterocycles. The molecule has 1 N–H and O–H groups in total. The molecule has 3 aromatic carbocycles. The summed E-state index contributed by atoms with van der Waals surface area (Å²) in [5, 5.41) is 12.1. The fraction of sp³-hybridized carbons (Fsp3) is 0.296. The van der Waals surface area contributed by atoms with Gasteiger partial charge in [-0.2, -0.15) is 0 Å². The van der Waals surface area contributed by atoms with Crippen molar-refractivity contribution in [2.45, 2.75) is 52.6 Å². The number of benzene rings is 3. The minimum Gasteiger partial charge on any atom is -0.507 e. The Kier molecular flexibility index (Phi) is 7.10. The van der Waals surface area contributed by atoms with Gasteiger partial charge in [-0.25, -0.2) is 0 Å². The van der Waals surface area contributed by atoms with Gasteiger partial charge in [0.2, 0.25) is 0 Å². The van der Waals surface area contributed by atoms with Crippen molar-refractivity contribution in [1.29, 1.82) is 0 Å². The van der Waals surface area contributed by atoms with E-state index in [-0.39, 0.29) is 5.16 Å². The number of rotatable bonds is 7. The van der Waals surface area contributed by atoms with Crippen molar-refractivity contribution < 1.29 is 5.11 Å². The minimum atomic E-state index is -0.0918. The number of hydrogen-bond donors (Lipinski definition) is 1. The van der Waals surface area contributed by atoms with Crippen LogP contribution in [0.1, 0.15) is 54.5 Å². The van der Waals surface area contributed by atoms with Crippen LogP contribution in [0.3, 0.4) is 0 Å². The summed E-state index contributed by atoms with van der Waals surface area (Å²) in [6, 6.07) is 20.9. The molecule has 0 fully saturated rings. The molecule has 0 bridgehead atoms. The highest BCUT2D eigenvalue weighted by Crippen LogP contribution is 2.51. The first kappa shape index (κ1) is 22.2. The number of aliphatic imine (C=N–C) groups is 1. The van der Waals surface area contributed by atoms with Gasteiger partial charge in [-0.05, 0) is 62.7 Å². The summed E-state index contributed by atoms with van der Waals surface area (Å²) in [4.78, 5) is 4.71. The van der Waals surface area contributed by atoms with Crippen molar-refractivity contribution in [2.75, 3.05) is 0 Å². The van der Waals surface area contributed by atoms with Gasteiger partial charge in [-0.3, -0.25) is 4.99 Å². The molecule has 1 atom stereocenters. The third kappa shape index (κ3) is 4.82. The second kappa shape index (κ2) is 9.58. The predicted octanol–water partition coefficient (Wildman–Crippen LogP) is 7.09. The first-order valence-electron chi connectivity index (χ1n) is 10.7. The number of nitrogens with zero attached hydrogens (tertiary/aromatic N) is 1. The van der Waals surface area contributed by atoms with Gasteiger partial charge in [0, 0.05) is 22.5 Å². The van der Waals surface area contributed by atoms with Crippen LogP contribution in [0.15, 0.2) is 65.7 Å². The SMILES string of the molecule is CCC(CC)(Pc1ccc(C)cc1/C=N/c1ccccc1)c1cc(C)cc(C)c1O. The fourth-order valence-electron chi connectivity index (χ4n) is 4.02. The molecule has 0 saturated heterocycles. The Hall–Kier alpha value is -2.44. The Morgan fingerprint density at radius 2 is 1.60 bits per heavy atom. The molecule has 156 valence electrons. The highest BCUT2D eigenvalue weighted by molar-refractivity contribution is 7.48. The summed E-state index contributed by atoms with van der Waals surface area (Å²) in [6.07, 6.45) is 3.94. The second-order valence-electron chi connectivity index (χ2n) is 8.08. The Labute approximate surface area is 182 Å². The van der Waals surface area contributed by atoms with E-state index in [0.29, 0.717) is 14.3 Å². The lowest BCUT2D eigenvalue weighted by molar-refractivity contribution is 0.444. The van der Waals surface area contributed by atoms with Crippen LogP contribution in [0, 0.1) is 20.8 Å². The number of phenolic OH excluding ortho intramolecular Hbond substituents is 1. The standard InChI is InChI=1S/C27H32NOP/c1-6-27(7-2,24-17-20(4)15-21(5)26(24)29)30-25-14-13-19(3)16-22(25)18-28-23-11-9-8-10-12-23/h8-18,29-30H,6-7H2,1-5H3/b28-18+. The maximum Gasteiger partial charge on any atom is 0.122 e. The Balaban J connectivity index is 2.06. The number of para-hydroxylation sites is 1. The van der Waals surface area contributed by atoms with Crippen molar-refractivity contribution in [1.82, 2.24) is 0 Å². The van der Waals surface area contributed by atoms with E-state index in [1.165, 1.54) is 16.4 Å². The molecular formula is C27H32NOP. The van der Waals surface area contributed by atoms with E-state index < -0.39 is 0 Å². The fourth-order valence-corrected chi connectivity index (χ4v) is 5.66. The maximum atomic E-state index is 10.9. The van der Waals surface area contributed by atoms with E-state index in [9.17, 15) is 5.11 Å². The molecular weight excluding hydrogens is 385 g/mol. The van der Waals surface area contributed by atoms with Gasteiger partial charge in [0.15, 0.2) is 0 Å². The average Bonchev–Trinajstić information content (AvgIpc) is 2.75. The van der Waals surface area contributed by atoms with Crippen molar-refractivity contribution in [3.63, 3.8) is 0 Å². The summed E-state index contributed by atoms with van der Waals surface area (Å²) in [6.45, 7) is 10.7. The normalized spacial score (nSPS) is 12.3. The van der Waals surface area contributed by atoms with Crippen molar-refractivity contribution in [3.8, 4) is 5.75 Å². The van der Waals surface area contributed by atoms with Gasteiger partial charge in [0.25, 0.3) is 0 Å². The molecule has 3 rings (SSSR count). The molecule has 0 aliphatic carbocycles. The highest BCUT2D eigenvalue weighted by atomic mass is 31.1. The van der Waals surface area contributed by atoms with Crippen LogP contribution < -0.4 is 5.30 Å². The largest absolute Gasteiger partial charge is 0.507 e.